The predicted molar refractivity (Wildman–Crippen MR) is 121 cm³/mol. The lowest BCUT2D eigenvalue weighted by Gasteiger charge is -2.18. The number of amides is 1. The highest BCUT2D eigenvalue weighted by atomic mass is 32.2. The van der Waals surface area contributed by atoms with Gasteiger partial charge in [0.15, 0.2) is 0 Å². The van der Waals surface area contributed by atoms with Crippen LogP contribution in [0, 0.1) is 13.8 Å². The van der Waals surface area contributed by atoms with E-state index in [1.807, 2.05) is 45.9 Å². The van der Waals surface area contributed by atoms with Gasteiger partial charge in [0.2, 0.25) is 15.9 Å². The lowest BCUT2D eigenvalue weighted by molar-refractivity contribution is -0.116. The number of aromatic nitrogens is 3. The zero-order valence-corrected chi connectivity index (χ0v) is 19.2. The van der Waals surface area contributed by atoms with Crippen LogP contribution in [-0.2, 0) is 21.4 Å². The Labute approximate surface area is 183 Å². The van der Waals surface area contributed by atoms with E-state index in [1.54, 1.807) is 22.9 Å². The summed E-state index contributed by atoms with van der Waals surface area (Å²) in [6.07, 6.45) is 0.942. The van der Waals surface area contributed by atoms with Gasteiger partial charge < -0.3 is 5.32 Å². The van der Waals surface area contributed by atoms with Gasteiger partial charge in [0.25, 0.3) is 0 Å². The second-order valence-corrected chi connectivity index (χ2v) is 9.44. The molecule has 2 aromatic carbocycles. The van der Waals surface area contributed by atoms with E-state index in [1.165, 1.54) is 9.87 Å². The molecule has 9 heteroatoms. The quantitative estimate of drug-likeness (QED) is 0.546. The van der Waals surface area contributed by atoms with Crippen LogP contribution in [0.1, 0.15) is 37.8 Å². The Morgan fingerprint density at radius 3 is 2.48 bits per heavy atom. The molecule has 0 unspecified atom stereocenters. The third-order valence-corrected chi connectivity index (χ3v) is 7.44. The fourth-order valence-electron chi connectivity index (χ4n) is 3.42. The van der Waals surface area contributed by atoms with Crippen LogP contribution in [0.2, 0.25) is 0 Å². The topological polar surface area (TPSA) is 97.2 Å². The van der Waals surface area contributed by atoms with E-state index >= 15 is 0 Å². The molecule has 8 nitrogen and oxygen atoms in total. The van der Waals surface area contributed by atoms with Crippen molar-refractivity contribution in [2.75, 3.05) is 18.4 Å². The molecule has 0 saturated carbocycles. The number of hydrogen-bond donors (Lipinski definition) is 1. The zero-order chi connectivity index (χ0) is 22.6. The van der Waals surface area contributed by atoms with Crippen LogP contribution in [0.4, 0.5) is 5.69 Å². The van der Waals surface area contributed by atoms with Gasteiger partial charge in [-0.3, -0.25) is 4.79 Å². The van der Waals surface area contributed by atoms with Crippen molar-refractivity contribution in [1.29, 1.82) is 0 Å². The summed E-state index contributed by atoms with van der Waals surface area (Å²) in [4.78, 5) is 12.5. The first kappa shape index (κ1) is 22.9. The first-order valence-corrected chi connectivity index (χ1v) is 11.9. The van der Waals surface area contributed by atoms with E-state index in [4.69, 9.17) is 0 Å². The highest BCUT2D eigenvalue weighted by Gasteiger charge is 2.22. The molecule has 0 aliphatic heterocycles. The molecule has 0 aliphatic carbocycles. The molecule has 1 N–H and O–H groups in total. The molecule has 166 valence electrons. The van der Waals surface area contributed by atoms with Crippen LogP contribution in [0.25, 0.3) is 11.0 Å². The van der Waals surface area contributed by atoms with Crippen LogP contribution in [0.3, 0.4) is 0 Å². The molecule has 1 heterocycles. The number of nitrogens with one attached hydrogen (secondary N) is 1. The van der Waals surface area contributed by atoms with Gasteiger partial charge in [-0.15, -0.1) is 5.10 Å². The summed E-state index contributed by atoms with van der Waals surface area (Å²) >= 11 is 0. The maximum atomic E-state index is 12.7. The lowest BCUT2D eigenvalue weighted by Crippen LogP contribution is -2.30. The molecular formula is C22H29N5O3S. The second kappa shape index (κ2) is 9.57. The van der Waals surface area contributed by atoms with Crippen molar-refractivity contribution in [3.05, 3.63) is 47.5 Å². The SMILES string of the molecule is CCN(CC)S(=O)(=O)c1ccc2c(c1)nnn2CCCC(=O)Nc1ccc(C)c(C)c1. The van der Waals surface area contributed by atoms with E-state index in [0.29, 0.717) is 38.0 Å². The standard InChI is InChI=1S/C22H29N5O3S/c1-5-26(6-2)31(29,30)19-11-12-21-20(15-19)24-25-27(21)13-7-8-22(28)23-18-10-9-16(3)17(4)14-18/h9-12,14-15H,5-8,13H2,1-4H3,(H,23,28). The Morgan fingerprint density at radius 1 is 1.06 bits per heavy atom. The Bertz CT molecular complexity index is 1180. The monoisotopic (exact) mass is 443 g/mol. The molecule has 0 spiro atoms. The summed E-state index contributed by atoms with van der Waals surface area (Å²) in [5.74, 6) is -0.0553. The van der Waals surface area contributed by atoms with Gasteiger partial charge in [-0.1, -0.05) is 25.1 Å². The predicted octanol–water partition coefficient (Wildman–Crippen LogP) is 3.50. The number of rotatable bonds is 9. The van der Waals surface area contributed by atoms with E-state index in [2.05, 4.69) is 15.6 Å². The molecule has 0 bridgehead atoms. The average molecular weight is 444 g/mol. The normalized spacial score (nSPS) is 11.9. The van der Waals surface area contributed by atoms with Crippen molar-refractivity contribution < 1.29 is 13.2 Å². The number of carbonyl (C=O) groups excluding carboxylic acids is 1. The van der Waals surface area contributed by atoms with Gasteiger partial charge >= 0.3 is 0 Å². The maximum Gasteiger partial charge on any atom is 0.243 e. The molecule has 0 radical (unpaired) electrons. The van der Waals surface area contributed by atoms with E-state index in [0.717, 1.165) is 16.8 Å². The third kappa shape index (κ3) is 5.11. The van der Waals surface area contributed by atoms with E-state index in [9.17, 15) is 13.2 Å². The molecule has 1 aromatic heterocycles. The van der Waals surface area contributed by atoms with Crippen LogP contribution in [-0.4, -0.2) is 46.7 Å². The van der Waals surface area contributed by atoms with Gasteiger partial charge in [-0.05, 0) is 61.7 Å². The lowest BCUT2D eigenvalue weighted by atomic mass is 10.1. The Balaban J connectivity index is 1.63. The Kier molecular flexibility index (Phi) is 7.07. The molecule has 3 rings (SSSR count). The van der Waals surface area contributed by atoms with Crippen molar-refractivity contribution in [2.45, 2.75) is 52.0 Å². The molecule has 31 heavy (non-hydrogen) atoms. The first-order valence-electron chi connectivity index (χ1n) is 10.5. The first-order chi connectivity index (χ1) is 14.8. The van der Waals surface area contributed by atoms with Crippen LogP contribution in [0.5, 0.6) is 0 Å². The summed E-state index contributed by atoms with van der Waals surface area (Å²) in [6.45, 7) is 9.00. The maximum absolute atomic E-state index is 12.7. The van der Waals surface area contributed by atoms with Crippen LogP contribution >= 0.6 is 0 Å². The van der Waals surface area contributed by atoms with Gasteiger partial charge in [-0.25, -0.2) is 13.1 Å². The van der Waals surface area contributed by atoms with E-state index in [-0.39, 0.29) is 10.8 Å². The third-order valence-electron chi connectivity index (χ3n) is 5.39. The number of hydrogen-bond acceptors (Lipinski definition) is 5. The summed E-state index contributed by atoms with van der Waals surface area (Å²) in [7, 11) is -3.54. The number of aryl methyl sites for hydroxylation is 3. The highest BCUT2D eigenvalue weighted by molar-refractivity contribution is 7.89. The van der Waals surface area contributed by atoms with Crippen LogP contribution < -0.4 is 5.32 Å². The zero-order valence-electron chi connectivity index (χ0n) is 18.4. The molecule has 3 aromatic rings. The molecule has 0 saturated heterocycles. The molecule has 1 amide bonds. The van der Waals surface area contributed by atoms with Gasteiger partial charge in [0.05, 0.1) is 10.4 Å². The fraction of sp³-hybridized carbons (Fsp3) is 0.409. The molecular weight excluding hydrogens is 414 g/mol. The highest BCUT2D eigenvalue weighted by Crippen LogP contribution is 2.21. The molecule has 0 fully saturated rings. The summed E-state index contributed by atoms with van der Waals surface area (Å²) in [5.41, 5.74) is 4.38. The molecule has 0 atom stereocenters. The number of carbonyl (C=O) groups is 1. The average Bonchev–Trinajstić information content (AvgIpc) is 3.14. The van der Waals surface area contributed by atoms with E-state index < -0.39 is 10.0 Å². The Morgan fingerprint density at radius 2 is 1.81 bits per heavy atom. The van der Waals surface area contributed by atoms with Crippen molar-refractivity contribution in [3.63, 3.8) is 0 Å². The number of anilines is 1. The summed E-state index contributed by atoms with van der Waals surface area (Å²) < 4.78 is 28.5. The van der Waals surface area contributed by atoms with Crippen molar-refractivity contribution in [3.8, 4) is 0 Å². The fourth-order valence-corrected chi connectivity index (χ4v) is 4.90. The number of fused-ring (bicyclic) bond motifs is 1. The second-order valence-electron chi connectivity index (χ2n) is 7.50. The number of sulfonamides is 1. The Hall–Kier alpha value is -2.78. The minimum absolute atomic E-state index is 0.0553. The number of nitrogens with zero attached hydrogens (tertiary/aromatic N) is 4. The summed E-state index contributed by atoms with van der Waals surface area (Å²) in [6, 6.07) is 10.7. The minimum atomic E-state index is -3.54. The van der Waals surface area contributed by atoms with Crippen molar-refractivity contribution >= 4 is 32.7 Å². The van der Waals surface area contributed by atoms with Crippen molar-refractivity contribution in [2.24, 2.45) is 0 Å². The summed E-state index contributed by atoms with van der Waals surface area (Å²) in [5, 5.41) is 11.2. The van der Waals surface area contributed by atoms with Crippen LogP contribution in [0.15, 0.2) is 41.3 Å². The van der Waals surface area contributed by atoms with Gasteiger partial charge in [0.1, 0.15) is 5.52 Å². The van der Waals surface area contributed by atoms with Gasteiger partial charge in [-0.2, -0.15) is 4.31 Å². The minimum Gasteiger partial charge on any atom is -0.326 e. The van der Waals surface area contributed by atoms with Crippen molar-refractivity contribution in [1.82, 2.24) is 19.3 Å². The smallest absolute Gasteiger partial charge is 0.243 e. The van der Waals surface area contributed by atoms with Gasteiger partial charge in [0, 0.05) is 31.7 Å². The largest absolute Gasteiger partial charge is 0.326 e. The number of benzene rings is 2. The molecule has 0 aliphatic rings.